The van der Waals surface area contributed by atoms with Crippen LogP contribution in [0.25, 0.3) is 11.1 Å². The highest BCUT2D eigenvalue weighted by Gasteiger charge is 2.16. The number of rotatable bonds is 3. The Bertz CT molecular complexity index is 639. The molecule has 98 valence electrons. The van der Waals surface area contributed by atoms with Crippen molar-refractivity contribution in [1.29, 1.82) is 0 Å². The molecule has 0 aliphatic carbocycles. The van der Waals surface area contributed by atoms with E-state index in [-0.39, 0.29) is 22.4 Å². The van der Waals surface area contributed by atoms with Crippen LogP contribution in [0.4, 0.5) is 13.2 Å². The molecule has 0 spiro atoms. The topological polar surface area (TPSA) is 26.3 Å². The number of methoxy groups -OCH3 is 1. The first-order chi connectivity index (χ1) is 9.08. The van der Waals surface area contributed by atoms with Gasteiger partial charge in [-0.2, -0.15) is 0 Å². The van der Waals surface area contributed by atoms with Crippen molar-refractivity contribution in [2.24, 2.45) is 0 Å². The lowest BCUT2D eigenvalue weighted by atomic mass is 9.99. The molecule has 5 heteroatoms. The van der Waals surface area contributed by atoms with Crippen LogP contribution < -0.4 is 4.74 Å². The van der Waals surface area contributed by atoms with E-state index in [0.717, 1.165) is 12.1 Å². The van der Waals surface area contributed by atoms with E-state index in [1.807, 2.05) is 0 Å². The zero-order valence-corrected chi connectivity index (χ0v) is 9.91. The Morgan fingerprint density at radius 3 is 2.37 bits per heavy atom. The van der Waals surface area contributed by atoms with Crippen molar-refractivity contribution in [3.63, 3.8) is 0 Å². The first-order valence-electron chi connectivity index (χ1n) is 5.35. The van der Waals surface area contributed by atoms with Crippen LogP contribution in [0.1, 0.15) is 10.4 Å². The van der Waals surface area contributed by atoms with Crippen molar-refractivity contribution in [3.8, 4) is 16.9 Å². The SMILES string of the molecule is COc1cccc(-c2cc(F)c(F)cc2C=O)c1F. The fourth-order valence-corrected chi connectivity index (χ4v) is 1.77. The molecule has 0 N–H and O–H groups in total. The summed E-state index contributed by atoms with van der Waals surface area (Å²) in [6.07, 6.45) is 0.344. The highest BCUT2D eigenvalue weighted by atomic mass is 19.2. The van der Waals surface area contributed by atoms with Crippen LogP contribution >= 0.6 is 0 Å². The molecule has 0 saturated heterocycles. The Morgan fingerprint density at radius 1 is 1.05 bits per heavy atom. The molecule has 2 aromatic carbocycles. The summed E-state index contributed by atoms with van der Waals surface area (Å²) in [7, 11) is 1.29. The molecule has 2 aromatic rings. The third-order valence-corrected chi connectivity index (χ3v) is 2.69. The second-order valence-electron chi connectivity index (χ2n) is 3.79. The van der Waals surface area contributed by atoms with Gasteiger partial charge in [-0.15, -0.1) is 0 Å². The van der Waals surface area contributed by atoms with E-state index in [1.54, 1.807) is 0 Å². The van der Waals surface area contributed by atoms with Gasteiger partial charge in [-0.1, -0.05) is 12.1 Å². The number of aldehydes is 1. The van der Waals surface area contributed by atoms with Crippen LogP contribution in [-0.2, 0) is 0 Å². The Labute approximate surface area is 107 Å². The van der Waals surface area contributed by atoms with Crippen LogP contribution in [0.15, 0.2) is 30.3 Å². The lowest BCUT2D eigenvalue weighted by Gasteiger charge is -2.10. The molecule has 0 amide bonds. The van der Waals surface area contributed by atoms with Crippen molar-refractivity contribution in [1.82, 2.24) is 0 Å². The summed E-state index contributed by atoms with van der Waals surface area (Å²) in [5.74, 6) is -3.09. The lowest BCUT2D eigenvalue weighted by Crippen LogP contribution is -1.97. The van der Waals surface area contributed by atoms with Gasteiger partial charge in [-0.3, -0.25) is 4.79 Å². The summed E-state index contributed by atoms with van der Waals surface area (Å²) in [4.78, 5) is 10.9. The molecule has 0 heterocycles. The minimum Gasteiger partial charge on any atom is -0.494 e. The second kappa shape index (κ2) is 5.14. The molecule has 0 radical (unpaired) electrons. The first-order valence-corrected chi connectivity index (χ1v) is 5.35. The van der Waals surface area contributed by atoms with Gasteiger partial charge in [-0.05, 0) is 23.8 Å². The third kappa shape index (κ3) is 2.31. The van der Waals surface area contributed by atoms with Gasteiger partial charge in [0.25, 0.3) is 0 Å². The second-order valence-corrected chi connectivity index (χ2v) is 3.79. The maximum Gasteiger partial charge on any atom is 0.172 e. The molecular formula is C14H9F3O2. The molecule has 0 unspecified atom stereocenters. The Morgan fingerprint density at radius 2 is 1.74 bits per heavy atom. The van der Waals surface area contributed by atoms with E-state index < -0.39 is 17.5 Å². The van der Waals surface area contributed by atoms with Crippen molar-refractivity contribution in [3.05, 3.63) is 53.3 Å². The number of carbonyl (C=O) groups is 1. The quantitative estimate of drug-likeness (QED) is 0.793. The summed E-state index contributed by atoms with van der Waals surface area (Å²) in [5.41, 5.74) is -0.184. The Balaban J connectivity index is 2.71. The summed E-state index contributed by atoms with van der Waals surface area (Å²) >= 11 is 0. The molecule has 19 heavy (non-hydrogen) atoms. The molecule has 0 aliphatic heterocycles. The van der Waals surface area contributed by atoms with Crippen LogP contribution in [0.5, 0.6) is 5.75 Å². The standard InChI is InChI=1S/C14H9F3O2/c1-19-13-4-2-3-9(14(13)17)10-6-12(16)11(15)5-8(10)7-18/h2-7H,1H3. The van der Waals surface area contributed by atoms with E-state index in [4.69, 9.17) is 4.74 Å². The largest absolute Gasteiger partial charge is 0.494 e. The number of hydrogen-bond donors (Lipinski definition) is 0. The van der Waals surface area contributed by atoms with Gasteiger partial charge in [0.15, 0.2) is 29.5 Å². The molecule has 0 fully saturated rings. The van der Waals surface area contributed by atoms with Crippen LogP contribution in [-0.4, -0.2) is 13.4 Å². The van der Waals surface area contributed by atoms with E-state index in [9.17, 15) is 18.0 Å². The van der Waals surface area contributed by atoms with E-state index >= 15 is 0 Å². The first kappa shape index (κ1) is 13.1. The van der Waals surface area contributed by atoms with Gasteiger partial charge in [0.1, 0.15) is 0 Å². The molecule has 0 atom stereocenters. The molecule has 0 bridgehead atoms. The highest BCUT2D eigenvalue weighted by Crippen LogP contribution is 2.31. The van der Waals surface area contributed by atoms with Crippen molar-refractivity contribution >= 4 is 6.29 Å². The molecule has 2 nitrogen and oxygen atoms in total. The molecule has 0 aliphatic rings. The van der Waals surface area contributed by atoms with E-state index in [1.165, 1.54) is 25.3 Å². The summed E-state index contributed by atoms with van der Waals surface area (Å²) < 4.78 is 45.2. The predicted molar refractivity (Wildman–Crippen MR) is 63.7 cm³/mol. The Hall–Kier alpha value is -2.30. The zero-order chi connectivity index (χ0) is 14.0. The number of ether oxygens (including phenoxy) is 1. The normalized spacial score (nSPS) is 10.3. The van der Waals surface area contributed by atoms with Gasteiger partial charge < -0.3 is 4.74 Å². The van der Waals surface area contributed by atoms with Gasteiger partial charge in [0.2, 0.25) is 0 Å². The minimum absolute atomic E-state index is 0.0229. The van der Waals surface area contributed by atoms with Crippen LogP contribution in [0.2, 0.25) is 0 Å². The number of carbonyl (C=O) groups excluding carboxylic acids is 1. The molecular weight excluding hydrogens is 257 g/mol. The van der Waals surface area contributed by atoms with E-state index in [2.05, 4.69) is 0 Å². The highest BCUT2D eigenvalue weighted by molar-refractivity contribution is 5.88. The predicted octanol–water partition coefficient (Wildman–Crippen LogP) is 3.59. The molecule has 0 saturated carbocycles. The van der Waals surface area contributed by atoms with E-state index in [0.29, 0.717) is 6.29 Å². The summed E-state index contributed by atoms with van der Waals surface area (Å²) in [5, 5.41) is 0. The molecule has 0 aromatic heterocycles. The smallest absolute Gasteiger partial charge is 0.172 e. The fourth-order valence-electron chi connectivity index (χ4n) is 1.77. The van der Waals surface area contributed by atoms with Gasteiger partial charge >= 0.3 is 0 Å². The molecule has 2 rings (SSSR count). The van der Waals surface area contributed by atoms with Crippen molar-refractivity contribution in [2.75, 3.05) is 7.11 Å². The monoisotopic (exact) mass is 266 g/mol. The average Bonchev–Trinajstić information content (AvgIpc) is 2.42. The maximum absolute atomic E-state index is 14.1. The summed E-state index contributed by atoms with van der Waals surface area (Å²) in [6.45, 7) is 0. The van der Waals surface area contributed by atoms with Crippen LogP contribution in [0, 0.1) is 17.5 Å². The minimum atomic E-state index is -1.16. The van der Waals surface area contributed by atoms with Gasteiger partial charge in [0, 0.05) is 11.1 Å². The van der Waals surface area contributed by atoms with Crippen LogP contribution in [0.3, 0.4) is 0 Å². The zero-order valence-electron chi connectivity index (χ0n) is 9.91. The van der Waals surface area contributed by atoms with Crippen molar-refractivity contribution < 1.29 is 22.7 Å². The third-order valence-electron chi connectivity index (χ3n) is 2.69. The van der Waals surface area contributed by atoms with Gasteiger partial charge in [0.05, 0.1) is 7.11 Å². The number of halogens is 3. The van der Waals surface area contributed by atoms with Gasteiger partial charge in [-0.25, -0.2) is 13.2 Å². The number of benzene rings is 2. The fraction of sp³-hybridized carbons (Fsp3) is 0.0714. The maximum atomic E-state index is 14.1. The van der Waals surface area contributed by atoms with Crippen molar-refractivity contribution in [2.45, 2.75) is 0 Å². The number of hydrogen-bond acceptors (Lipinski definition) is 2. The summed E-state index contributed by atoms with van der Waals surface area (Å²) in [6, 6.07) is 5.76. The Kier molecular flexibility index (Phi) is 3.55. The lowest BCUT2D eigenvalue weighted by molar-refractivity contribution is 0.112. The average molecular weight is 266 g/mol.